The first-order chi connectivity index (χ1) is 14.1. The van der Waals surface area contributed by atoms with Crippen LogP contribution in [0.25, 0.3) is 0 Å². The van der Waals surface area contributed by atoms with Crippen LogP contribution >= 0.6 is 12.4 Å². The molecule has 2 atom stereocenters. The number of hydrogen-bond acceptors (Lipinski definition) is 3. The summed E-state index contributed by atoms with van der Waals surface area (Å²) in [6.07, 6.45) is 3.22. The van der Waals surface area contributed by atoms with Crippen LogP contribution in [-0.4, -0.2) is 25.0 Å². The van der Waals surface area contributed by atoms with Crippen LogP contribution in [0.2, 0.25) is 0 Å². The predicted octanol–water partition coefficient (Wildman–Crippen LogP) is 4.32. The number of carbonyl (C=O) groups excluding carboxylic acids is 2. The van der Waals surface area contributed by atoms with Crippen molar-refractivity contribution >= 4 is 35.7 Å². The largest absolute Gasteiger partial charge is 0.349 e. The maximum absolute atomic E-state index is 12.7. The third-order valence-corrected chi connectivity index (χ3v) is 6.16. The lowest BCUT2D eigenvalue weighted by Gasteiger charge is -2.24. The van der Waals surface area contributed by atoms with Gasteiger partial charge in [0.15, 0.2) is 0 Å². The maximum Gasteiger partial charge on any atom is 0.323 e. The molecule has 2 aromatic carbocycles. The maximum atomic E-state index is 12.7. The van der Waals surface area contributed by atoms with Gasteiger partial charge in [0.25, 0.3) is 0 Å². The van der Waals surface area contributed by atoms with Gasteiger partial charge in [-0.25, -0.2) is 4.79 Å². The molecule has 4 N–H and O–H groups in total. The minimum absolute atomic E-state index is 0. The van der Waals surface area contributed by atoms with Crippen molar-refractivity contribution in [3.8, 4) is 0 Å². The normalized spacial score (nSPS) is 19.8. The molecule has 160 valence electrons. The Balaban J connectivity index is 0.00000256. The molecular formula is C23H29ClN4O2. The molecule has 2 aromatic rings. The molecule has 0 aromatic heterocycles. The minimum Gasteiger partial charge on any atom is -0.349 e. The molecule has 2 fully saturated rings. The fourth-order valence-corrected chi connectivity index (χ4v) is 4.26. The monoisotopic (exact) mass is 428 g/mol. The Morgan fingerprint density at radius 1 is 0.967 bits per heavy atom. The quantitative estimate of drug-likeness (QED) is 0.572. The first-order valence-electron chi connectivity index (χ1n) is 10.3. The highest BCUT2D eigenvalue weighted by Crippen LogP contribution is 2.58. The lowest BCUT2D eigenvalue weighted by atomic mass is 9.91. The fraction of sp³-hybridized carbons (Fsp3) is 0.391. The number of rotatable bonds is 5. The molecule has 7 heteroatoms. The predicted molar refractivity (Wildman–Crippen MR) is 122 cm³/mol. The summed E-state index contributed by atoms with van der Waals surface area (Å²) >= 11 is 0. The molecule has 6 nitrogen and oxygen atoms in total. The number of para-hydroxylation sites is 1. The molecule has 2 aliphatic rings. The van der Waals surface area contributed by atoms with Crippen molar-refractivity contribution in [1.29, 1.82) is 0 Å². The summed E-state index contributed by atoms with van der Waals surface area (Å²) in [6.45, 7) is 4.04. The smallest absolute Gasteiger partial charge is 0.323 e. The highest BCUT2D eigenvalue weighted by atomic mass is 35.5. The van der Waals surface area contributed by atoms with Crippen molar-refractivity contribution in [3.05, 3.63) is 60.2 Å². The van der Waals surface area contributed by atoms with Gasteiger partial charge in [0.1, 0.15) is 0 Å². The van der Waals surface area contributed by atoms with E-state index in [1.807, 2.05) is 61.5 Å². The van der Waals surface area contributed by atoms with Gasteiger partial charge in [0.2, 0.25) is 5.91 Å². The van der Waals surface area contributed by atoms with Crippen molar-refractivity contribution in [2.45, 2.75) is 32.2 Å². The van der Waals surface area contributed by atoms with Gasteiger partial charge in [-0.05, 0) is 74.5 Å². The van der Waals surface area contributed by atoms with E-state index in [2.05, 4.69) is 21.3 Å². The average molecular weight is 429 g/mol. The van der Waals surface area contributed by atoms with E-state index >= 15 is 0 Å². The molecule has 4 rings (SSSR count). The number of benzene rings is 2. The van der Waals surface area contributed by atoms with E-state index < -0.39 is 0 Å². The van der Waals surface area contributed by atoms with E-state index in [1.165, 1.54) is 0 Å². The molecule has 1 heterocycles. The number of anilines is 2. The molecule has 1 aliphatic heterocycles. The van der Waals surface area contributed by atoms with Gasteiger partial charge < -0.3 is 21.3 Å². The van der Waals surface area contributed by atoms with E-state index in [0.717, 1.165) is 43.6 Å². The number of amides is 3. The van der Waals surface area contributed by atoms with Crippen molar-refractivity contribution < 1.29 is 9.59 Å². The summed E-state index contributed by atoms with van der Waals surface area (Å²) in [5.74, 6) is 0.332. The van der Waals surface area contributed by atoms with Gasteiger partial charge in [0.05, 0.1) is 6.04 Å². The number of nitrogens with one attached hydrogen (secondary N) is 4. The second-order valence-electron chi connectivity index (χ2n) is 8.17. The van der Waals surface area contributed by atoms with Crippen LogP contribution in [0.1, 0.15) is 37.8 Å². The summed E-state index contributed by atoms with van der Waals surface area (Å²) < 4.78 is 0. The van der Waals surface area contributed by atoms with Gasteiger partial charge in [-0.1, -0.05) is 30.3 Å². The van der Waals surface area contributed by atoms with Crippen molar-refractivity contribution in [2.24, 2.45) is 11.3 Å². The number of hydrogen-bond donors (Lipinski definition) is 4. The molecule has 2 unspecified atom stereocenters. The second-order valence-corrected chi connectivity index (χ2v) is 8.17. The zero-order valence-corrected chi connectivity index (χ0v) is 17.9. The molecule has 1 saturated heterocycles. The molecule has 30 heavy (non-hydrogen) atoms. The van der Waals surface area contributed by atoms with Gasteiger partial charge in [-0.3, -0.25) is 4.79 Å². The summed E-state index contributed by atoms with van der Waals surface area (Å²) in [5, 5.41) is 12.1. The van der Waals surface area contributed by atoms with Gasteiger partial charge in [-0.2, -0.15) is 0 Å². The van der Waals surface area contributed by atoms with Crippen LogP contribution in [0.4, 0.5) is 16.2 Å². The number of urea groups is 1. The first kappa shape index (κ1) is 22.1. The fourth-order valence-electron chi connectivity index (χ4n) is 4.26. The van der Waals surface area contributed by atoms with E-state index in [4.69, 9.17) is 0 Å². The summed E-state index contributed by atoms with van der Waals surface area (Å²) in [7, 11) is 0. The summed E-state index contributed by atoms with van der Waals surface area (Å²) in [5.41, 5.74) is 2.71. The SMILES string of the molecule is CC(NC(=O)C1CC12CCNCC2)c1ccc(NC(=O)Nc2ccccc2)cc1.Cl. The van der Waals surface area contributed by atoms with Gasteiger partial charge in [-0.15, -0.1) is 12.4 Å². The number of halogens is 1. The van der Waals surface area contributed by atoms with Crippen molar-refractivity contribution in [2.75, 3.05) is 23.7 Å². The molecule has 3 amide bonds. The van der Waals surface area contributed by atoms with Crippen LogP contribution < -0.4 is 21.3 Å². The molecule has 1 aliphatic carbocycles. The number of piperidine rings is 1. The first-order valence-corrected chi connectivity index (χ1v) is 10.3. The topological polar surface area (TPSA) is 82.3 Å². The van der Waals surface area contributed by atoms with Crippen LogP contribution in [0.5, 0.6) is 0 Å². The van der Waals surface area contributed by atoms with E-state index in [1.54, 1.807) is 0 Å². The van der Waals surface area contributed by atoms with E-state index in [-0.39, 0.29) is 41.7 Å². The van der Waals surface area contributed by atoms with Crippen molar-refractivity contribution in [3.63, 3.8) is 0 Å². The average Bonchev–Trinajstić information content (AvgIpc) is 3.42. The minimum atomic E-state index is -0.286. The van der Waals surface area contributed by atoms with Crippen molar-refractivity contribution in [1.82, 2.24) is 10.6 Å². The van der Waals surface area contributed by atoms with E-state index in [9.17, 15) is 9.59 Å². The molecule has 1 saturated carbocycles. The third kappa shape index (κ3) is 5.12. The standard InChI is InChI=1S/C23H28N4O2.ClH/c1-16(25-21(28)20-15-23(20)11-13-24-14-12-23)17-7-9-19(10-8-17)27-22(29)26-18-5-3-2-4-6-18;/h2-10,16,20,24H,11-15H2,1H3,(H,25,28)(H2,26,27,29);1H. The van der Waals surface area contributed by atoms with Gasteiger partial charge >= 0.3 is 6.03 Å². The zero-order chi connectivity index (χ0) is 20.3. The molecule has 0 radical (unpaired) electrons. The van der Waals surface area contributed by atoms with Crippen LogP contribution in [0.3, 0.4) is 0 Å². The van der Waals surface area contributed by atoms with Crippen LogP contribution in [0.15, 0.2) is 54.6 Å². The Bertz CT molecular complexity index is 867. The Kier molecular flexibility index (Phi) is 7.00. The van der Waals surface area contributed by atoms with Crippen LogP contribution in [0, 0.1) is 11.3 Å². The Morgan fingerprint density at radius 3 is 2.20 bits per heavy atom. The summed E-state index contributed by atoms with van der Waals surface area (Å²) in [6, 6.07) is 16.6. The van der Waals surface area contributed by atoms with Gasteiger partial charge in [0, 0.05) is 17.3 Å². The Morgan fingerprint density at radius 2 is 1.57 bits per heavy atom. The molecular weight excluding hydrogens is 400 g/mol. The lowest BCUT2D eigenvalue weighted by molar-refractivity contribution is -0.123. The Labute approximate surface area is 183 Å². The third-order valence-electron chi connectivity index (χ3n) is 6.16. The highest BCUT2D eigenvalue weighted by molar-refractivity contribution is 5.99. The lowest BCUT2D eigenvalue weighted by Crippen LogP contribution is -2.34. The van der Waals surface area contributed by atoms with E-state index in [0.29, 0.717) is 5.69 Å². The summed E-state index contributed by atoms with van der Waals surface area (Å²) in [4.78, 5) is 24.7. The highest BCUT2D eigenvalue weighted by Gasteiger charge is 2.57. The second kappa shape index (κ2) is 9.49. The number of carbonyl (C=O) groups is 2. The molecule has 0 bridgehead atoms. The zero-order valence-electron chi connectivity index (χ0n) is 17.1. The van der Waals surface area contributed by atoms with Crippen LogP contribution in [-0.2, 0) is 4.79 Å². The molecule has 1 spiro atoms. The Hall–Kier alpha value is -2.57.